The molecule has 0 saturated carbocycles. The number of aromatic nitrogens is 2. The van der Waals surface area contributed by atoms with Crippen molar-refractivity contribution in [1.82, 2.24) is 15.5 Å². The highest BCUT2D eigenvalue weighted by molar-refractivity contribution is 6.06. The SMILES string of the molecule is Cc1cccc(CC(CNC(=O)c2cc(C)nc3onc(C)c23)C(=O)O)c1. The van der Waals surface area contributed by atoms with Crippen LogP contribution in [0.3, 0.4) is 0 Å². The van der Waals surface area contributed by atoms with Gasteiger partial charge in [-0.15, -0.1) is 0 Å². The number of aliphatic carboxylic acids is 1. The van der Waals surface area contributed by atoms with Gasteiger partial charge in [-0.25, -0.2) is 4.98 Å². The molecule has 2 aromatic heterocycles. The molecule has 2 heterocycles. The van der Waals surface area contributed by atoms with Crippen LogP contribution in [0.2, 0.25) is 0 Å². The van der Waals surface area contributed by atoms with E-state index in [1.165, 1.54) is 0 Å². The molecule has 1 unspecified atom stereocenters. The quantitative estimate of drug-likeness (QED) is 0.694. The van der Waals surface area contributed by atoms with E-state index in [0.717, 1.165) is 11.1 Å². The Balaban J connectivity index is 1.77. The molecule has 2 N–H and O–H groups in total. The van der Waals surface area contributed by atoms with E-state index >= 15 is 0 Å². The average molecular weight is 367 g/mol. The number of benzene rings is 1. The Morgan fingerprint density at radius 2 is 2.00 bits per heavy atom. The van der Waals surface area contributed by atoms with Gasteiger partial charge in [0, 0.05) is 12.2 Å². The predicted octanol–water partition coefficient (Wildman–Crippen LogP) is 2.82. The maximum atomic E-state index is 12.7. The lowest BCUT2D eigenvalue weighted by Crippen LogP contribution is -2.34. The normalized spacial score (nSPS) is 12.1. The van der Waals surface area contributed by atoms with Gasteiger partial charge in [-0.1, -0.05) is 35.0 Å². The van der Waals surface area contributed by atoms with Crippen molar-refractivity contribution >= 4 is 23.0 Å². The Morgan fingerprint density at radius 3 is 2.70 bits per heavy atom. The molecule has 7 nitrogen and oxygen atoms in total. The molecule has 3 rings (SSSR count). The molecule has 27 heavy (non-hydrogen) atoms. The molecule has 0 radical (unpaired) electrons. The monoisotopic (exact) mass is 367 g/mol. The summed E-state index contributed by atoms with van der Waals surface area (Å²) in [7, 11) is 0. The standard InChI is InChI=1S/C20H21N3O4/c1-11-5-4-6-14(7-11)9-15(20(25)26)10-21-18(24)16-8-12(2)22-19-17(16)13(3)23-27-19/h4-8,15H,9-10H2,1-3H3,(H,21,24)(H,25,26). The molecular formula is C20H21N3O4. The van der Waals surface area contributed by atoms with Crippen molar-refractivity contribution in [3.63, 3.8) is 0 Å². The molecular weight excluding hydrogens is 346 g/mol. The summed E-state index contributed by atoms with van der Waals surface area (Å²) in [4.78, 5) is 28.5. The molecule has 0 aliphatic carbocycles. The van der Waals surface area contributed by atoms with Crippen molar-refractivity contribution < 1.29 is 19.2 Å². The number of carbonyl (C=O) groups excluding carboxylic acids is 1. The lowest BCUT2D eigenvalue weighted by Gasteiger charge is -2.14. The molecule has 0 fully saturated rings. The molecule has 0 aliphatic rings. The van der Waals surface area contributed by atoms with Crippen LogP contribution in [0.15, 0.2) is 34.9 Å². The van der Waals surface area contributed by atoms with E-state index in [-0.39, 0.29) is 12.5 Å². The van der Waals surface area contributed by atoms with Crippen molar-refractivity contribution in [2.24, 2.45) is 5.92 Å². The number of carbonyl (C=O) groups is 2. The fraction of sp³-hybridized carbons (Fsp3) is 0.300. The van der Waals surface area contributed by atoms with Crippen LogP contribution in [-0.4, -0.2) is 33.7 Å². The van der Waals surface area contributed by atoms with Crippen molar-refractivity contribution in [3.8, 4) is 0 Å². The van der Waals surface area contributed by atoms with E-state index < -0.39 is 11.9 Å². The predicted molar refractivity (Wildman–Crippen MR) is 99.6 cm³/mol. The van der Waals surface area contributed by atoms with E-state index in [9.17, 15) is 14.7 Å². The Morgan fingerprint density at radius 1 is 1.22 bits per heavy atom. The van der Waals surface area contributed by atoms with Gasteiger partial charge in [0.1, 0.15) is 0 Å². The number of hydrogen-bond acceptors (Lipinski definition) is 5. The summed E-state index contributed by atoms with van der Waals surface area (Å²) < 4.78 is 5.14. The van der Waals surface area contributed by atoms with E-state index in [2.05, 4.69) is 15.5 Å². The Bertz CT molecular complexity index is 1010. The van der Waals surface area contributed by atoms with Crippen LogP contribution >= 0.6 is 0 Å². The van der Waals surface area contributed by atoms with Crippen LogP contribution < -0.4 is 5.32 Å². The van der Waals surface area contributed by atoms with Gasteiger partial charge in [-0.3, -0.25) is 9.59 Å². The number of rotatable bonds is 6. The maximum absolute atomic E-state index is 12.7. The van der Waals surface area contributed by atoms with Crippen LogP contribution in [0.25, 0.3) is 11.1 Å². The second-order valence-electron chi connectivity index (χ2n) is 6.70. The van der Waals surface area contributed by atoms with E-state index in [4.69, 9.17) is 4.52 Å². The van der Waals surface area contributed by atoms with Crippen molar-refractivity contribution in [3.05, 3.63) is 58.4 Å². The Hall–Kier alpha value is -3.22. The third kappa shape index (κ3) is 4.13. The summed E-state index contributed by atoms with van der Waals surface area (Å²) in [6.07, 6.45) is 0.342. The molecule has 140 valence electrons. The molecule has 0 saturated heterocycles. The zero-order valence-corrected chi connectivity index (χ0v) is 15.4. The number of amides is 1. The summed E-state index contributed by atoms with van der Waals surface area (Å²) in [6, 6.07) is 9.35. The average Bonchev–Trinajstić information content (AvgIpc) is 2.98. The molecule has 0 spiro atoms. The number of carboxylic acid groups (broad SMARTS) is 1. The number of carboxylic acids is 1. The first-order valence-corrected chi connectivity index (χ1v) is 8.65. The fourth-order valence-electron chi connectivity index (χ4n) is 3.08. The third-order valence-corrected chi connectivity index (χ3v) is 4.41. The minimum Gasteiger partial charge on any atom is -0.481 e. The Kier molecular flexibility index (Phi) is 5.21. The van der Waals surface area contributed by atoms with Crippen LogP contribution in [0, 0.1) is 26.7 Å². The summed E-state index contributed by atoms with van der Waals surface area (Å²) in [5, 5.41) is 16.7. The van der Waals surface area contributed by atoms with Crippen molar-refractivity contribution in [1.29, 1.82) is 0 Å². The molecule has 3 aromatic rings. The first-order chi connectivity index (χ1) is 12.8. The van der Waals surface area contributed by atoms with Crippen LogP contribution in [-0.2, 0) is 11.2 Å². The lowest BCUT2D eigenvalue weighted by molar-refractivity contribution is -0.141. The van der Waals surface area contributed by atoms with Crippen LogP contribution in [0.5, 0.6) is 0 Å². The second kappa shape index (κ2) is 7.57. The smallest absolute Gasteiger partial charge is 0.308 e. The highest BCUT2D eigenvalue weighted by Crippen LogP contribution is 2.22. The van der Waals surface area contributed by atoms with E-state index in [1.807, 2.05) is 31.2 Å². The zero-order chi connectivity index (χ0) is 19.6. The number of nitrogens with one attached hydrogen (secondary N) is 1. The van der Waals surface area contributed by atoms with E-state index in [1.54, 1.807) is 19.9 Å². The van der Waals surface area contributed by atoms with Crippen LogP contribution in [0.4, 0.5) is 0 Å². The Labute approximate surface area is 156 Å². The molecule has 0 bridgehead atoms. The molecule has 7 heteroatoms. The maximum Gasteiger partial charge on any atom is 0.308 e. The summed E-state index contributed by atoms with van der Waals surface area (Å²) in [5.41, 5.74) is 3.87. The van der Waals surface area contributed by atoms with Gasteiger partial charge < -0.3 is 14.9 Å². The summed E-state index contributed by atoms with van der Waals surface area (Å²) in [5.74, 6) is -2.04. The molecule has 0 aliphatic heterocycles. The van der Waals surface area contributed by atoms with Gasteiger partial charge in [0.05, 0.1) is 22.6 Å². The summed E-state index contributed by atoms with van der Waals surface area (Å²) >= 11 is 0. The van der Waals surface area contributed by atoms with E-state index in [0.29, 0.717) is 34.5 Å². The first-order valence-electron chi connectivity index (χ1n) is 8.65. The first kappa shape index (κ1) is 18.6. The number of nitrogens with zero attached hydrogens (tertiary/aromatic N) is 2. The summed E-state index contributed by atoms with van der Waals surface area (Å²) in [6.45, 7) is 5.47. The van der Waals surface area contributed by atoms with Gasteiger partial charge in [0.25, 0.3) is 11.6 Å². The number of aryl methyl sites for hydroxylation is 3. The number of fused-ring (bicyclic) bond motifs is 1. The van der Waals surface area contributed by atoms with Crippen molar-refractivity contribution in [2.45, 2.75) is 27.2 Å². The van der Waals surface area contributed by atoms with Gasteiger partial charge in [-0.2, -0.15) is 0 Å². The lowest BCUT2D eigenvalue weighted by atomic mass is 9.98. The molecule has 1 amide bonds. The highest BCUT2D eigenvalue weighted by Gasteiger charge is 2.22. The largest absolute Gasteiger partial charge is 0.481 e. The minimum atomic E-state index is -0.950. The highest BCUT2D eigenvalue weighted by atomic mass is 16.5. The number of pyridine rings is 1. The third-order valence-electron chi connectivity index (χ3n) is 4.41. The second-order valence-corrected chi connectivity index (χ2v) is 6.70. The van der Waals surface area contributed by atoms with Crippen LogP contribution in [0.1, 0.15) is 32.9 Å². The van der Waals surface area contributed by atoms with Gasteiger partial charge in [-0.05, 0) is 38.8 Å². The topological polar surface area (TPSA) is 105 Å². The zero-order valence-electron chi connectivity index (χ0n) is 15.4. The van der Waals surface area contributed by atoms with Gasteiger partial charge in [0.15, 0.2) is 0 Å². The number of hydrogen-bond donors (Lipinski definition) is 2. The molecule has 1 aromatic carbocycles. The van der Waals surface area contributed by atoms with Crippen molar-refractivity contribution in [2.75, 3.05) is 6.54 Å². The molecule has 1 atom stereocenters. The minimum absolute atomic E-state index is 0.0231. The van der Waals surface area contributed by atoms with Gasteiger partial charge in [0.2, 0.25) is 0 Å². The fourth-order valence-corrected chi connectivity index (χ4v) is 3.08. The van der Waals surface area contributed by atoms with Gasteiger partial charge >= 0.3 is 5.97 Å².